The van der Waals surface area contributed by atoms with Crippen molar-refractivity contribution in [3.8, 4) is 0 Å². The third kappa shape index (κ3) is 3.80. The van der Waals surface area contributed by atoms with Crippen LogP contribution in [0.3, 0.4) is 0 Å². The first kappa shape index (κ1) is 18.3. The first-order valence-electron chi connectivity index (χ1n) is 9.34. The van der Waals surface area contributed by atoms with Gasteiger partial charge in [0.2, 0.25) is 5.91 Å². The zero-order valence-corrected chi connectivity index (χ0v) is 16.3. The van der Waals surface area contributed by atoms with Gasteiger partial charge in [-0.2, -0.15) is 0 Å². The summed E-state index contributed by atoms with van der Waals surface area (Å²) in [5.74, 6) is 0.819. The van der Waals surface area contributed by atoms with Gasteiger partial charge in [-0.15, -0.1) is 11.3 Å². The average Bonchev–Trinajstić information content (AvgIpc) is 3.33. The summed E-state index contributed by atoms with van der Waals surface area (Å²) in [6.45, 7) is 4.86. The van der Waals surface area contributed by atoms with Crippen molar-refractivity contribution in [2.75, 3.05) is 32.8 Å². The maximum Gasteiger partial charge on any atom is 0.257 e. The Morgan fingerprint density at radius 1 is 1.19 bits per heavy atom. The molecule has 0 atom stereocenters. The Morgan fingerprint density at radius 2 is 2.00 bits per heavy atom. The van der Waals surface area contributed by atoms with Gasteiger partial charge in [0.15, 0.2) is 0 Å². The molecule has 0 aromatic carbocycles. The van der Waals surface area contributed by atoms with Crippen molar-refractivity contribution in [2.45, 2.75) is 31.8 Å². The van der Waals surface area contributed by atoms with Crippen LogP contribution < -0.4 is 0 Å². The highest BCUT2D eigenvalue weighted by molar-refractivity contribution is 7.10. The van der Waals surface area contributed by atoms with E-state index in [0.717, 1.165) is 17.7 Å². The first-order valence-corrected chi connectivity index (χ1v) is 10.2. The lowest BCUT2D eigenvalue weighted by molar-refractivity contribution is -0.146. The molecule has 2 aliphatic rings. The monoisotopic (exact) mass is 388 g/mol. The molecule has 2 amide bonds. The van der Waals surface area contributed by atoms with E-state index in [1.54, 1.807) is 30.6 Å². The van der Waals surface area contributed by atoms with Gasteiger partial charge in [0, 0.05) is 24.5 Å². The van der Waals surface area contributed by atoms with Crippen molar-refractivity contribution < 1.29 is 18.7 Å². The van der Waals surface area contributed by atoms with Gasteiger partial charge in [-0.3, -0.25) is 9.59 Å². The minimum Gasteiger partial charge on any atom is -0.469 e. The van der Waals surface area contributed by atoms with Crippen LogP contribution in [0.1, 0.15) is 33.8 Å². The van der Waals surface area contributed by atoms with Gasteiger partial charge in [0.25, 0.3) is 5.91 Å². The maximum absolute atomic E-state index is 12.8. The summed E-state index contributed by atoms with van der Waals surface area (Å²) in [4.78, 5) is 30.2. The molecule has 0 N–H and O–H groups in total. The third-order valence-corrected chi connectivity index (χ3v) is 6.43. The number of thiophene rings is 1. The van der Waals surface area contributed by atoms with Crippen LogP contribution in [0.2, 0.25) is 0 Å². The lowest BCUT2D eigenvalue weighted by atomic mass is 9.89. The highest BCUT2D eigenvalue weighted by Gasteiger charge is 2.42. The Kier molecular flexibility index (Phi) is 5.06. The third-order valence-electron chi connectivity index (χ3n) is 5.56. The molecule has 7 heteroatoms. The van der Waals surface area contributed by atoms with Gasteiger partial charge in [-0.05, 0) is 37.3 Å². The standard InChI is InChI=1S/C20H24N2O4S/c1-15-17(4-10-25-15)19(24)22-9-11-26-20(14-22)5-7-21(8-6-20)18(23)13-16-3-2-12-27-16/h2-4,10,12H,5-9,11,13-14H2,1H3. The molecule has 0 bridgehead atoms. The molecule has 4 heterocycles. The molecule has 0 aliphatic carbocycles. The summed E-state index contributed by atoms with van der Waals surface area (Å²) in [6.07, 6.45) is 3.54. The number of rotatable bonds is 3. The van der Waals surface area contributed by atoms with Crippen molar-refractivity contribution in [1.82, 2.24) is 9.80 Å². The fourth-order valence-electron chi connectivity index (χ4n) is 3.94. The van der Waals surface area contributed by atoms with E-state index in [9.17, 15) is 9.59 Å². The number of furan rings is 1. The molecule has 0 radical (unpaired) electrons. The summed E-state index contributed by atoms with van der Waals surface area (Å²) in [5.41, 5.74) is 0.279. The lowest BCUT2D eigenvalue weighted by Gasteiger charge is -2.47. The fraction of sp³-hybridized carbons (Fsp3) is 0.500. The van der Waals surface area contributed by atoms with Gasteiger partial charge in [0.05, 0.1) is 37.0 Å². The molecule has 144 valence electrons. The fourth-order valence-corrected chi connectivity index (χ4v) is 4.63. The van der Waals surface area contributed by atoms with Gasteiger partial charge in [-0.1, -0.05) is 6.07 Å². The zero-order valence-electron chi connectivity index (χ0n) is 15.5. The predicted molar refractivity (Wildman–Crippen MR) is 102 cm³/mol. The minimum atomic E-state index is -0.342. The van der Waals surface area contributed by atoms with E-state index in [-0.39, 0.29) is 17.4 Å². The van der Waals surface area contributed by atoms with Gasteiger partial charge >= 0.3 is 0 Å². The summed E-state index contributed by atoms with van der Waals surface area (Å²) in [6, 6.07) is 5.70. The van der Waals surface area contributed by atoms with Crippen LogP contribution in [0.4, 0.5) is 0 Å². The van der Waals surface area contributed by atoms with Crippen molar-refractivity contribution >= 4 is 23.2 Å². The molecule has 2 aliphatic heterocycles. The lowest BCUT2D eigenvalue weighted by Crippen LogP contribution is -2.58. The van der Waals surface area contributed by atoms with Crippen molar-refractivity contribution in [1.29, 1.82) is 0 Å². The molecular formula is C20H24N2O4S. The highest BCUT2D eigenvalue weighted by Crippen LogP contribution is 2.31. The van der Waals surface area contributed by atoms with E-state index < -0.39 is 0 Å². The number of morpholine rings is 1. The molecule has 1 spiro atoms. The Morgan fingerprint density at radius 3 is 2.67 bits per heavy atom. The number of likely N-dealkylation sites (tertiary alicyclic amines) is 1. The number of ether oxygens (including phenoxy) is 1. The van der Waals surface area contributed by atoms with Crippen molar-refractivity contribution in [3.05, 3.63) is 46.0 Å². The van der Waals surface area contributed by atoms with Crippen LogP contribution in [0.25, 0.3) is 0 Å². The molecule has 2 saturated heterocycles. The number of hydrogen-bond acceptors (Lipinski definition) is 5. The number of amides is 2. The molecule has 6 nitrogen and oxygen atoms in total. The number of carbonyl (C=O) groups is 2. The van der Waals surface area contributed by atoms with Crippen LogP contribution in [0, 0.1) is 6.92 Å². The number of carbonyl (C=O) groups excluding carboxylic acids is 2. The largest absolute Gasteiger partial charge is 0.469 e. The van der Waals surface area contributed by atoms with Gasteiger partial charge in [-0.25, -0.2) is 0 Å². The van der Waals surface area contributed by atoms with Crippen LogP contribution in [0.5, 0.6) is 0 Å². The first-order chi connectivity index (χ1) is 13.1. The minimum absolute atomic E-state index is 0.000117. The molecule has 0 unspecified atom stereocenters. The van der Waals surface area contributed by atoms with Crippen LogP contribution in [0.15, 0.2) is 34.3 Å². The maximum atomic E-state index is 12.8. The number of nitrogens with zero attached hydrogens (tertiary/aromatic N) is 2. The number of aryl methyl sites for hydroxylation is 1. The summed E-state index contributed by atoms with van der Waals surface area (Å²) in [7, 11) is 0. The molecular weight excluding hydrogens is 364 g/mol. The number of hydrogen-bond donors (Lipinski definition) is 0. The smallest absolute Gasteiger partial charge is 0.257 e. The second-order valence-corrected chi connectivity index (χ2v) is 8.32. The van der Waals surface area contributed by atoms with Gasteiger partial charge in [0.1, 0.15) is 5.76 Å². The predicted octanol–water partition coefficient (Wildman–Crippen LogP) is 2.73. The molecule has 4 rings (SSSR count). The van der Waals surface area contributed by atoms with Crippen LogP contribution >= 0.6 is 11.3 Å². The van der Waals surface area contributed by atoms with Crippen molar-refractivity contribution in [2.24, 2.45) is 0 Å². The quantitative estimate of drug-likeness (QED) is 0.811. The van der Waals surface area contributed by atoms with Gasteiger partial charge < -0.3 is 19.0 Å². The molecule has 2 fully saturated rings. The van der Waals surface area contributed by atoms with E-state index in [1.165, 1.54) is 0 Å². The Bertz CT molecular complexity index is 806. The Labute approximate surface area is 162 Å². The second-order valence-electron chi connectivity index (χ2n) is 7.29. The number of piperidine rings is 1. The Balaban J connectivity index is 1.36. The van der Waals surface area contributed by atoms with E-state index in [0.29, 0.717) is 50.5 Å². The Hall–Kier alpha value is -2.12. The normalized spacial score (nSPS) is 19.4. The topological polar surface area (TPSA) is 63.0 Å². The highest BCUT2D eigenvalue weighted by atomic mass is 32.1. The SMILES string of the molecule is Cc1occc1C(=O)N1CCOC2(CCN(C(=O)Cc3cccs3)CC2)C1. The molecule has 2 aromatic heterocycles. The summed E-state index contributed by atoms with van der Waals surface area (Å²) < 4.78 is 11.4. The molecule has 2 aromatic rings. The zero-order chi connectivity index (χ0) is 18.9. The summed E-state index contributed by atoms with van der Waals surface area (Å²) >= 11 is 1.62. The van der Waals surface area contributed by atoms with E-state index in [2.05, 4.69) is 0 Å². The molecule has 0 saturated carbocycles. The van der Waals surface area contributed by atoms with E-state index >= 15 is 0 Å². The average molecular weight is 388 g/mol. The van der Waals surface area contributed by atoms with Crippen LogP contribution in [-0.2, 0) is 16.0 Å². The van der Waals surface area contributed by atoms with E-state index in [4.69, 9.17) is 9.15 Å². The van der Waals surface area contributed by atoms with Crippen molar-refractivity contribution in [3.63, 3.8) is 0 Å². The molecule has 27 heavy (non-hydrogen) atoms. The second kappa shape index (κ2) is 7.48. The van der Waals surface area contributed by atoms with E-state index in [1.807, 2.05) is 27.3 Å². The summed E-state index contributed by atoms with van der Waals surface area (Å²) in [5, 5.41) is 2.00. The van der Waals surface area contributed by atoms with Crippen LogP contribution in [-0.4, -0.2) is 60.0 Å².